The number of fused-ring (bicyclic) bond motifs is 1. The Morgan fingerprint density at radius 3 is 2.90 bits per heavy atom. The van der Waals surface area contributed by atoms with Crippen molar-refractivity contribution < 1.29 is 4.74 Å². The van der Waals surface area contributed by atoms with Crippen LogP contribution >= 0.6 is 0 Å². The Balaban J connectivity index is 1.98. The first-order chi connectivity index (χ1) is 9.78. The maximum Gasteiger partial charge on any atom is 0.225 e. The van der Waals surface area contributed by atoms with Crippen molar-refractivity contribution in [2.45, 2.75) is 25.7 Å². The number of hydrogen-bond acceptors (Lipinski definition) is 5. The van der Waals surface area contributed by atoms with E-state index in [9.17, 15) is 0 Å². The standard InChI is InChI=1S/C15H14N4O/c16-8-10-7-11(17)5-6-14(10)20-15-12-3-1-2-4-13(12)18-9-19-15/h5-7,9H,1-4,17H2. The second kappa shape index (κ2) is 5.17. The fourth-order valence-electron chi connectivity index (χ4n) is 2.41. The number of rotatable bonds is 2. The first-order valence-corrected chi connectivity index (χ1v) is 6.58. The van der Waals surface area contributed by atoms with Gasteiger partial charge in [-0.05, 0) is 43.9 Å². The summed E-state index contributed by atoms with van der Waals surface area (Å²) in [5, 5.41) is 9.14. The second-order valence-electron chi connectivity index (χ2n) is 4.78. The van der Waals surface area contributed by atoms with Gasteiger partial charge in [0.25, 0.3) is 0 Å². The Hall–Kier alpha value is -2.61. The van der Waals surface area contributed by atoms with Crippen molar-refractivity contribution in [1.82, 2.24) is 9.97 Å². The molecule has 0 bridgehead atoms. The molecule has 0 saturated carbocycles. The molecule has 0 amide bonds. The van der Waals surface area contributed by atoms with Crippen LogP contribution in [-0.2, 0) is 12.8 Å². The van der Waals surface area contributed by atoms with E-state index in [4.69, 9.17) is 15.7 Å². The molecule has 0 spiro atoms. The summed E-state index contributed by atoms with van der Waals surface area (Å²) in [5.74, 6) is 1.03. The van der Waals surface area contributed by atoms with Crippen LogP contribution in [-0.4, -0.2) is 9.97 Å². The van der Waals surface area contributed by atoms with E-state index in [2.05, 4.69) is 16.0 Å². The third-order valence-electron chi connectivity index (χ3n) is 3.42. The molecule has 2 N–H and O–H groups in total. The third kappa shape index (κ3) is 2.28. The lowest BCUT2D eigenvalue weighted by Crippen LogP contribution is -2.08. The first-order valence-electron chi connectivity index (χ1n) is 6.58. The molecule has 2 aromatic rings. The number of nitrogen functional groups attached to an aromatic ring is 1. The van der Waals surface area contributed by atoms with Crippen LogP contribution in [0.15, 0.2) is 24.5 Å². The van der Waals surface area contributed by atoms with Crippen LogP contribution in [0.5, 0.6) is 11.6 Å². The number of ether oxygens (including phenoxy) is 1. The predicted octanol–water partition coefficient (Wildman–Crippen LogP) is 2.60. The predicted molar refractivity (Wildman–Crippen MR) is 74.3 cm³/mol. The lowest BCUT2D eigenvalue weighted by Gasteiger charge is -2.17. The molecule has 3 rings (SSSR count). The van der Waals surface area contributed by atoms with E-state index in [1.54, 1.807) is 18.2 Å². The summed E-state index contributed by atoms with van der Waals surface area (Å²) < 4.78 is 5.82. The van der Waals surface area contributed by atoms with Crippen LogP contribution in [0.4, 0.5) is 5.69 Å². The number of hydrogen-bond donors (Lipinski definition) is 1. The smallest absolute Gasteiger partial charge is 0.225 e. The fraction of sp³-hybridized carbons (Fsp3) is 0.267. The normalized spacial score (nSPS) is 13.3. The quantitative estimate of drug-likeness (QED) is 0.844. The summed E-state index contributed by atoms with van der Waals surface area (Å²) in [6, 6.07) is 7.10. The second-order valence-corrected chi connectivity index (χ2v) is 4.78. The van der Waals surface area contributed by atoms with Crippen molar-refractivity contribution >= 4 is 5.69 Å². The molecule has 1 aromatic carbocycles. The molecule has 5 nitrogen and oxygen atoms in total. The van der Waals surface area contributed by atoms with E-state index >= 15 is 0 Å². The molecule has 0 unspecified atom stereocenters. The van der Waals surface area contributed by atoms with Crippen LogP contribution in [0, 0.1) is 11.3 Å². The SMILES string of the molecule is N#Cc1cc(N)ccc1Oc1ncnc2c1CCCC2. The average molecular weight is 266 g/mol. The van der Waals surface area contributed by atoms with Crippen molar-refractivity contribution in [1.29, 1.82) is 5.26 Å². The minimum absolute atomic E-state index is 0.410. The molecular formula is C15H14N4O. The highest BCUT2D eigenvalue weighted by Crippen LogP contribution is 2.31. The van der Waals surface area contributed by atoms with Gasteiger partial charge in [-0.1, -0.05) is 0 Å². The molecular weight excluding hydrogens is 252 g/mol. The van der Waals surface area contributed by atoms with Crippen molar-refractivity contribution in [3.8, 4) is 17.7 Å². The van der Waals surface area contributed by atoms with Crippen LogP contribution in [0.2, 0.25) is 0 Å². The maximum absolute atomic E-state index is 9.14. The topological polar surface area (TPSA) is 84.8 Å². The van der Waals surface area contributed by atoms with Crippen LogP contribution < -0.4 is 10.5 Å². The van der Waals surface area contributed by atoms with Gasteiger partial charge in [-0.25, -0.2) is 9.97 Å². The third-order valence-corrected chi connectivity index (χ3v) is 3.42. The Bertz CT molecular complexity index is 691. The summed E-state index contributed by atoms with van der Waals surface area (Å²) in [5.41, 5.74) is 8.73. The van der Waals surface area contributed by atoms with E-state index in [0.29, 0.717) is 22.9 Å². The molecule has 0 saturated heterocycles. The van der Waals surface area contributed by atoms with Gasteiger partial charge in [0.05, 0.1) is 11.3 Å². The minimum atomic E-state index is 0.410. The number of aromatic nitrogens is 2. The molecule has 0 atom stereocenters. The number of nitriles is 1. The van der Waals surface area contributed by atoms with Crippen molar-refractivity contribution in [2.75, 3.05) is 5.73 Å². The van der Waals surface area contributed by atoms with Gasteiger partial charge in [0.15, 0.2) is 0 Å². The molecule has 0 aliphatic heterocycles. The molecule has 1 aromatic heterocycles. The zero-order chi connectivity index (χ0) is 13.9. The van der Waals surface area contributed by atoms with Gasteiger partial charge in [0.2, 0.25) is 5.88 Å². The van der Waals surface area contributed by atoms with Crippen molar-refractivity contribution in [3.05, 3.63) is 41.3 Å². The van der Waals surface area contributed by atoms with Crippen LogP contribution in [0.25, 0.3) is 0 Å². The van der Waals surface area contributed by atoms with Gasteiger partial charge in [-0.15, -0.1) is 0 Å². The lowest BCUT2D eigenvalue weighted by molar-refractivity contribution is 0.445. The molecule has 1 aliphatic rings. The average Bonchev–Trinajstić information content (AvgIpc) is 2.49. The van der Waals surface area contributed by atoms with E-state index in [1.165, 1.54) is 6.33 Å². The van der Waals surface area contributed by atoms with Crippen molar-refractivity contribution in [3.63, 3.8) is 0 Å². The van der Waals surface area contributed by atoms with Gasteiger partial charge in [-0.3, -0.25) is 0 Å². The number of aryl methyl sites for hydroxylation is 1. The number of benzene rings is 1. The van der Waals surface area contributed by atoms with Crippen molar-refractivity contribution in [2.24, 2.45) is 0 Å². The zero-order valence-electron chi connectivity index (χ0n) is 11.0. The number of anilines is 1. The molecule has 1 heterocycles. The Morgan fingerprint density at radius 1 is 1.20 bits per heavy atom. The summed E-state index contributed by atoms with van der Waals surface area (Å²) >= 11 is 0. The molecule has 0 fully saturated rings. The van der Waals surface area contributed by atoms with Gasteiger partial charge >= 0.3 is 0 Å². The van der Waals surface area contributed by atoms with E-state index in [0.717, 1.165) is 36.9 Å². The number of nitrogens with zero attached hydrogens (tertiary/aromatic N) is 3. The fourth-order valence-corrected chi connectivity index (χ4v) is 2.41. The van der Waals surface area contributed by atoms with Crippen LogP contribution in [0.1, 0.15) is 29.7 Å². The Morgan fingerprint density at radius 2 is 2.05 bits per heavy atom. The summed E-state index contributed by atoms with van der Waals surface area (Å²) in [6.45, 7) is 0. The molecule has 0 radical (unpaired) electrons. The monoisotopic (exact) mass is 266 g/mol. The summed E-state index contributed by atoms with van der Waals surface area (Å²) in [6.07, 6.45) is 5.66. The van der Waals surface area contributed by atoms with E-state index in [1.807, 2.05) is 0 Å². The molecule has 100 valence electrons. The van der Waals surface area contributed by atoms with E-state index in [-0.39, 0.29) is 0 Å². The molecule has 20 heavy (non-hydrogen) atoms. The first kappa shape index (κ1) is 12.4. The zero-order valence-corrected chi connectivity index (χ0v) is 11.0. The Kier molecular flexibility index (Phi) is 3.21. The maximum atomic E-state index is 9.14. The van der Waals surface area contributed by atoms with Gasteiger partial charge < -0.3 is 10.5 Å². The van der Waals surface area contributed by atoms with Crippen LogP contribution in [0.3, 0.4) is 0 Å². The summed E-state index contributed by atoms with van der Waals surface area (Å²) in [7, 11) is 0. The van der Waals surface area contributed by atoms with E-state index < -0.39 is 0 Å². The summed E-state index contributed by atoms with van der Waals surface area (Å²) in [4.78, 5) is 8.51. The number of nitrogens with two attached hydrogens (primary N) is 1. The molecule has 5 heteroatoms. The minimum Gasteiger partial charge on any atom is -0.437 e. The van der Waals surface area contributed by atoms with Gasteiger partial charge in [0, 0.05) is 11.3 Å². The highest BCUT2D eigenvalue weighted by molar-refractivity contribution is 5.54. The lowest BCUT2D eigenvalue weighted by atomic mass is 9.97. The van der Waals surface area contributed by atoms with Gasteiger partial charge in [-0.2, -0.15) is 5.26 Å². The highest BCUT2D eigenvalue weighted by atomic mass is 16.5. The highest BCUT2D eigenvalue weighted by Gasteiger charge is 2.17. The van der Waals surface area contributed by atoms with Gasteiger partial charge in [0.1, 0.15) is 18.1 Å². The largest absolute Gasteiger partial charge is 0.437 e. The Labute approximate surface area is 117 Å². The molecule has 1 aliphatic carbocycles.